The van der Waals surface area contributed by atoms with Crippen LogP contribution in [-0.4, -0.2) is 34.4 Å². The maximum Gasteiger partial charge on any atom is 0.336 e. The molecule has 1 N–H and O–H groups in total. The summed E-state index contributed by atoms with van der Waals surface area (Å²) in [5, 5.41) is 9.34. The molecule has 0 aromatic heterocycles. The van der Waals surface area contributed by atoms with Crippen LogP contribution in [0.5, 0.6) is 0 Å². The Balaban J connectivity index is 1.89. The molecular formula is C21H20N2O3S2. The summed E-state index contributed by atoms with van der Waals surface area (Å²) in [5.74, 6) is -1.28. The van der Waals surface area contributed by atoms with Crippen molar-refractivity contribution in [2.45, 2.75) is 13.8 Å². The zero-order valence-electron chi connectivity index (χ0n) is 15.6. The van der Waals surface area contributed by atoms with Crippen LogP contribution >= 0.6 is 24.0 Å². The predicted molar refractivity (Wildman–Crippen MR) is 119 cm³/mol. The van der Waals surface area contributed by atoms with Gasteiger partial charge in [-0.3, -0.25) is 9.69 Å². The van der Waals surface area contributed by atoms with E-state index in [1.165, 1.54) is 22.7 Å². The lowest BCUT2D eigenvalue weighted by Gasteiger charge is -2.22. The first-order valence-corrected chi connectivity index (χ1v) is 10.1. The number of nitrogens with zero attached hydrogens (tertiary/aromatic N) is 2. The predicted octanol–water partition coefficient (Wildman–Crippen LogP) is 4.64. The largest absolute Gasteiger partial charge is 0.478 e. The summed E-state index contributed by atoms with van der Waals surface area (Å²) < 4.78 is 0.430. The van der Waals surface area contributed by atoms with Gasteiger partial charge >= 0.3 is 5.97 Å². The van der Waals surface area contributed by atoms with Crippen LogP contribution in [0.25, 0.3) is 6.08 Å². The van der Waals surface area contributed by atoms with Gasteiger partial charge in [0, 0.05) is 18.8 Å². The lowest BCUT2D eigenvalue weighted by molar-refractivity contribution is -0.113. The van der Waals surface area contributed by atoms with Crippen LogP contribution in [-0.2, 0) is 4.79 Å². The molecule has 0 bridgehead atoms. The van der Waals surface area contributed by atoms with Gasteiger partial charge in [-0.2, -0.15) is 0 Å². The monoisotopic (exact) mass is 412 g/mol. The average Bonchev–Trinajstić information content (AvgIpc) is 2.97. The topological polar surface area (TPSA) is 60.9 Å². The van der Waals surface area contributed by atoms with E-state index in [-0.39, 0.29) is 11.5 Å². The first-order chi connectivity index (χ1) is 13.5. The summed E-state index contributed by atoms with van der Waals surface area (Å²) in [6.07, 6.45) is 1.59. The number of carbonyl (C=O) groups is 2. The van der Waals surface area contributed by atoms with Gasteiger partial charge in [0.05, 0.1) is 16.2 Å². The van der Waals surface area contributed by atoms with Gasteiger partial charge in [0.1, 0.15) is 0 Å². The van der Waals surface area contributed by atoms with Crippen molar-refractivity contribution in [1.82, 2.24) is 0 Å². The van der Waals surface area contributed by atoms with Gasteiger partial charge in [-0.1, -0.05) is 42.2 Å². The maximum atomic E-state index is 12.9. The van der Waals surface area contributed by atoms with Gasteiger partial charge in [0.2, 0.25) is 0 Å². The molecule has 2 aromatic rings. The number of hydrogen-bond donors (Lipinski definition) is 1. The second-order valence-electron chi connectivity index (χ2n) is 6.10. The lowest BCUT2D eigenvalue weighted by atomic mass is 10.1. The SMILES string of the molecule is CCN(CC)c1ccc(N2C(=O)/C(=C/c3ccccc3C(=O)O)SC2=S)cc1. The average molecular weight is 413 g/mol. The molecular weight excluding hydrogens is 392 g/mol. The highest BCUT2D eigenvalue weighted by atomic mass is 32.2. The van der Waals surface area contributed by atoms with Crippen molar-refractivity contribution in [1.29, 1.82) is 0 Å². The number of thioether (sulfide) groups is 1. The molecule has 28 heavy (non-hydrogen) atoms. The summed E-state index contributed by atoms with van der Waals surface area (Å²) in [6, 6.07) is 14.3. The van der Waals surface area contributed by atoms with E-state index in [4.69, 9.17) is 12.2 Å². The van der Waals surface area contributed by atoms with Gasteiger partial charge in [0.25, 0.3) is 5.91 Å². The van der Waals surface area contributed by atoms with E-state index in [1.54, 1.807) is 24.3 Å². The number of thiocarbonyl (C=S) groups is 1. The fraction of sp³-hybridized carbons (Fsp3) is 0.190. The second kappa shape index (κ2) is 8.58. The zero-order valence-corrected chi connectivity index (χ0v) is 17.2. The van der Waals surface area contributed by atoms with Crippen molar-refractivity contribution in [3.8, 4) is 0 Å². The molecule has 0 radical (unpaired) electrons. The Labute approximate surface area is 173 Å². The van der Waals surface area contributed by atoms with E-state index in [9.17, 15) is 14.7 Å². The Morgan fingerprint density at radius 2 is 1.79 bits per heavy atom. The number of aromatic carboxylic acids is 1. The highest BCUT2D eigenvalue weighted by Crippen LogP contribution is 2.36. The normalized spacial score (nSPS) is 15.4. The number of rotatable bonds is 6. The second-order valence-corrected chi connectivity index (χ2v) is 7.77. The third-order valence-electron chi connectivity index (χ3n) is 4.51. The Morgan fingerprint density at radius 1 is 1.14 bits per heavy atom. The molecule has 2 aromatic carbocycles. The van der Waals surface area contributed by atoms with Crippen molar-refractivity contribution in [3.05, 3.63) is 64.6 Å². The molecule has 0 saturated carbocycles. The summed E-state index contributed by atoms with van der Waals surface area (Å²) in [4.78, 5) is 28.4. The molecule has 1 amide bonds. The standard InChI is InChI=1S/C21H20N2O3S2/c1-3-22(4-2)15-9-11-16(12-10-15)23-19(24)18(28-21(23)27)13-14-7-5-6-8-17(14)20(25)26/h5-13H,3-4H2,1-2H3,(H,25,26)/b18-13-. The zero-order chi connectivity index (χ0) is 20.3. The van der Waals surface area contributed by atoms with E-state index in [1.807, 2.05) is 24.3 Å². The number of anilines is 2. The van der Waals surface area contributed by atoms with Gasteiger partial charge < -0.3 is 10.0 Å². The molecule has 1 aliphatic heterocycles. The molecule has 5 nitrogen and oxygen atoms in total. The molecule has 3 rings (SSSR count). The molecule has 0 atom stereocenters. The van der Waals surface area contributed by atoms with Crippen LogP contribution in [0.15, 0.2) is 53.4 Å². The van der Waals surface area contributed by atoms with Gasteiger partial charge in [0.15, 0.2) is 4.32 Å². The summed E-state index contributed by atoms with van der Waals surface area (Å²) in [6.45, 7) is 6.00. The highest BCUT2D eigenvalue weighted by Gasteiger charge is 2.33. The van der Waals surface area contributed by atoms with Crippen molar-refractivity contribution in [3.63, 3.8) is 0 Å². The third-order valence-corrected chi connectivity index (χ3v) is 5.81. The summed E-state index contributed by atoms with van der Waals surface area (Å²) in [7, 11) is 0. The first kappa shape index (κ1) is 20.1. The van der Waals surface area contributed by atoms with Crippen molar-refractivity contribution in [2.24, 2.45) is 0 Å². The number of hydrogen-bond acceptors (Lipinski definition) is 5. The minimum Gasteiger partial charge on any atom is -0.478 e. The minimum absolute atomic E-state index is 0.149. The summed E-state index contributed by atoms with van der Waals surface area (Å²) in [5.41, 5.74) is 2.42. The van der Waals surface area contributed by atoms with Crippen molar-refractivity contribution < 1.29 is 14.7 Å². The van der Waals surface area contributed by atoms with Gasteiger partial charge in [-0.15, -0.1) is 0 Å². The third kappa shape index (κ3) is 3.95. The number of carboxylic acids is 1. The van der Waals surface area contributed by atoms with E-state index >= 15 is 0 Å². The van der Waals surface area contributed by atoms with Crippen LogP contribution in [0.2, 0.25) is 0 Å². The van der Waals surface area contributed by atoms with Gasteiger partial charge in [-0.05, 0) is 55.8 Å². The first-order valence-electron chi connectivity index (χ1n) is 8.91. The van der Waals surface area contributed by atoms with Crippen LogP contribution in [0.4, 0.5) is 11.4 Å². The number of carboxylic acid groups (broad SMARTS) is 1. The highest BCUT2D eigenvalue weighted by molar-refractivity contribution is 8.27. The van der Waals surface area contributed by atoms with E-state index in [0.717, 1.165) is 18.8 Å². The van der Waals surface area contributed by atoms with Crippen molar-refractivity contribution in [2.75, 3.05) is 22.9 Å². The minimum atomic E-state index is -1.03. The summed E-state index contributed by atoms with van der Waals surface area (Å²) >= 11 is 6.58. The Kier molecular flexibility index (Phi) is 6.16. The Morgan fingerprint density at radius 3 is 2.39 bits per heavy atom. The van der Waals surface area contributed by atoms with Crippen LogP contribution in [0.3, 0.4) is 0 Å². The smallest absolute Gasteiger partial charge is 0.336 e. The van der Waals surface area contributed by atoms with Crippen LogP contribution in [0.1, 0.15) is 29.8 Å². The van der Waals surface area contributed by atoms with E-state index in [0.29, 0.717) is 20.5 Å². The Bertz CT molecular complexity index is 950. The molecule has 1 aliphatic rings. The van der Waals surface area contributed by atoms with Crippen LogP contribution < -0.4 is 9.80 Å². The maximum absolute atomic E-state index is 12.9. The fourth-order valence-corrected chi connectivity index (χ4v) is 4.34. The fourth-order valence-electron chi connectivity index (χ4n) is 3.05. The lowest BCUT2D eigenvalue weighted by Crippen LogP contribution is -2.27. The molecule has 7 heteroatoms. The molecule has 144 valence electrons. The van der Waals surface area contributed by atoms with Crippen LogP contribution in [0, 0.1) is 0 Å². The molecule has 1 fully saturated rings. The molecule has 0 aliphatic carbocycles. The van der Waals surface area contributed by atoms with E-state index in [2.05, 4.69) is 18.7 Å². The quantitative estimate of drug-likeness (QED) is 0.551. The number of benzene rings is 2. The number of carbonyl (C=O) groups excluding carboxylic acids is 1. The molecule has 0 spiro atoms. The number of amides is 1. The molecule has 1 heterocycles. The van der Waals surface area contributed by atoms with Crippen molar-refractivity contribution >= 4 is 57.6 Å². The molecule has 1 saturated heterocycles. The Hall–Kier alpha value is -2.64. The van der Waals surface area contributed by atoms with E-state index < -0.39 is 5.97 Å². The van der Waals surface area contributed by atoms with Gasteiger partial charge in [-0.25, -0.2) is 4.79 Å². The molecule has 0 unspecified atom stereocenters.